The highest BCUT2D eigenvalue weighted by atomic mass is 16.1. The van der Waals surface area contributed by atoms with Crippen LogP contribution in [0.3, 0.4) is 0 Å². The third-order valence-electron chi connectivity index (χ3n) is 7.57. The summed E-state index contributed by atoms with van der Waals surface area (Å²) in [5, 5.41) is 0. The van der Waals surface area contributed by atoms with Gasteiger partial charge in [-0.3, -0.25) is 9.59 Å². The molecule has 4 fully saturated rings. The summed E-state index contributed by atoms with van der Waals surface area (Å²) < 4.78 is 0. The number of hydrogen-bond acceptors (Lipinski definition) is 2. The minimum Gasteiger partial charge on any atom is -0.299 e. The van der Waals surface area contributed by atoms with Gasteiger partial charge >= 0.3 is 0 Å². The van der Waals surface area contributed by atoms with Crippen LogP contribution < -0.4 is 0 Å². The van der Waals surface area contributed by atoms with Crippen LogP contribution in [-0.2, 0) is 9.59 Å². The first-order chi connectivity index (χ1) is 9.75. The lowest BCUT2D eigenvalue weighted by Crippen LogP contribution is -2.30. The molecule has 0 N–H and O–H groups in total. The molecule has 2 heteroatoms. The predicted molar refractivity (Wildman–Crippen MR) is 72.4 cm³/mol. The van der Waals surface area contributed by atoms with Crippen LogP contribution in [0.5, 0.6) is 0 Å². The van der Waals surface area contributed by atoms with E-state index in [1.54, 1.807) is 0 Å². The number of Topliss-reactive ketones (excluding diaryl/α,β-unsaturated/α-hetero) is 2. The molecule has 0 unspecified atom stereocenters. The van der Waals surface area contributed by atoms with E-state index in [0.29, 0.717) is 47.1 Å². The summed E-state index contributed by atoms with van der Waals surface area (Å²) in [6.07, 6.45) is 11.4. The second kappa shape index (κ2) is 3.03. The van der Waals surface area contributed by atoms with Gasteiger partial charge in [-0.2, -0.15) is 0 Å². The maximum absolute atomic E-state index is 13.0. The van der Waals surface area contributed by atoms with Crippen molar-refractivity contribution in [1.29, 1.82) is 0 Å². The van der Waals surface area contributed by atoms with Gasteiger partial charge in [0, 0.05) is 23.7 Å². The van der Waals surface area contributed by atoms with Gasteiger partial charge in [0.2, 0.25) is 0 Å². The summed E-state index contributed by atoms with van der Waals surface area (Å²) in [4.78, 5) is 26.0. The van der Waals surface area contributed by atoms with E-state index in [4.69, 9.17) is 0 Å². The lowest BCUT2D eigenvalue weighted by Gasteiger charge is -2.25. The van der Waals surface area contributed by atoms with Crippen LogP contribution in [0.15, 0.2) is 24.3 Å². The number of allylic oxidation sites excluding steroid dienone is 4. The van der Waals surface area contributed by atoms with Crippen LogP contribution in [0, 0.1) is 59.2 Å². The molecule has 6 aliphatic rings. The molecule has 4 bridgehead atoms. The Balaban J connectivity index is 1.51. The molecule has 20 heavy (non-hydrogen) atoms. The molecule has 0 aromatic rings. The van der Waals surface area contributed by atoms with Gasteiger partial charge in [-0.1, -0.05) is 24.3 Å². The van der Waals surface area contributed by atoms with Gasteiger partial charge in [0.15, 0.2) is 0 Å². The Morgan fingerprint density at radius 3 is 1.45 bits per heavy atom. The van der Waals surface area contributed by atoms with E-state index < -0.39 is 0 Å². The second-order valence-electron chi connectivity index (χ2n) is 7.96. The molecule has 6 aliphatic carbocycles. The van der Waals surface area contributed by atoms with E-state index in [2.05, 4.69) is 24.3 Å². The highest BCUT2D eigenvalue weighted by molar-refractivity contribution is 6.01. The molecular weight excluding hydrogens is 248 g/mol. The summed E-state index contributed by atoms with van der Waals surface area (Å²) in [6, 6.07) is 0. The molecule has 0 radical (unpaired) electrons. The normalized spacial score (nSPS) is 63.4. The molecule has 0 aromatic heterocycles. The van der Waals surface area contributed by atoms with E-state index in [0.717, 1.165) is 12.8 Å². The summed E-state index contributed by atoms with van der Waals surface area (Å²) in [5.41, 5.74) is 0. The first-order valence-electron chi connectivity index (χ1n) is 8.20. The predicted octanol–water partition coefficient (Wildman–Crippen LogP) is 2.26. The van der Waals surface area contributed by atoms with Gasteiger partial charge in [0.1, 0.15) is 11.6 Å². The maximum atomic E-state index is 13.0. The monoisotopic (exact) mass is 266 g/mol. The lowest BCUT2D eigenvalue weighted by molar-refractivity contribution is -0.127. The standard InChI is InChI=1S/C18H18O2/c19-17-13-9-3-1-7(5-9)11(13)15-16(17)12-8-2-4-10(6-8)14(12)18(15)20/h1-4,7-16H,5-6H2/t7-,8-,9-,10-,11-,12-,13+,14+,15-,16-/m0/s1. The summed E-state index contributed by atoms with van der Waals surface area (Å²) in [5.74, 6) is 4.25. The first kappa shape index (κ1) is 10.5. The highest BCUT2D eigenvalue weighted by Gasteiger charge is 2.71. The van der Waals surface area contributed by atoms with Crippen molar-refractivity contribution in [2.75, 3.05) is 0 Å². The van der Waals surface area contributed by atoms with Crippen LogP contribution in [0.2, 0.25) is 0 Å². The van der Waals surface area contributed by atoms with Crippen LogP contribution in [0.25, 0.3) is 0 Å². The smallest absolute Gasteiger partial charge is 0.141 e. The van der Waals surface area contributed by atoms with Crippen molar-refractivity contribution < 1.29 is 9.59 Å². The summed E-state index contributed by atoms with van der Waals surface area (Å²) in [6.45, 7) is 0. The Hall–Kier alpha value is -1.18. The average Bonchev–Trinajstić information content (AvgIpc) is 3.21. The zero-order valence-electron chi connectivity index (χ0n) is 11.3. The molecule has 0 heterocycles. The Morgan fingerprint density at radius 2 is 1.00 bits per heavy atom. The summed E-state index contributed by atoms with van der Waals surface area (Å²) in [7, 11) is 0. The molecule has 2 nitrogen and oxygen atoms in total. The fourth-order valence-corrected chi connectivity index (χ4v) is 7.16. The highest BCUT2D eigenvalue weighted by Crippen LogP contribution is 2.68. The molecule has 0 amide bonds. The number of ketones is 2. The fourth-order valence-electron chi connectivity index (χ4n) is 7.16. The van der Waals surface area contributed by atoms with E-state index in [9.17, 15) is 9.59 Å². The van der Waals surface area contributed by atoms with E-state index in [-0.39, 0.29) is 23.7 Å². The Bertz CT molecular complexity index is 561. The van der Waals surface area contributed by atoms with Crippen molar-refractivity contribution in [2.45, 2.75) is 12.8 Å². The minimum atomic E-state index is 0.0904. The van der Waals surface area contributed by atoms with Crippen molar-refractivity contribution in [3.05, 3.63) is 24.3 Å². The quantitative estimate of drug-likeness (QED) is 0.630. The van der Waals surface area contributed by atoms with E-state index >= 15 is 0 Å². The lowest BCUT2D eigenvalue weighted by atomic mass is 9.77. The molecule has 0 aromatic carbocycles. The molecule has 10 atom stereocenters. The van der Waals surface area contributed by atoms with Crippen LogP contribution in [0.4, 0.5) is 0 Å². The van der Waals surface area contributed by atoms with Crippen LogP contribution in [-0.4, -0.2) is 11.6 Å². The molecule has 102 valence electrons. The number of carbonyl (C=O) groups is 2. The molecular formula is C18H18O2. The number of carbonyl (C=O) groups excluding carboxylic acids is 2. The van der Waals surface area contributed by atoms with E-state index in [1.165, 1.54) is 0 Å². The molecule has 4 saturated carbocycles. The van der Waals surface area contributed by atoms with Crippen molar-refractivity contribution in [3.8, 4) is 0 Å². The second-order valence-corrected chi connectivity index (χ2v) is 7.96. The zero-order valence-corrected chi connectivity index (χ0v) is 11.3. The van der Waals surface area contributed by atoms with Crippen LogP contribution in [0.1, 0.15) is 12.8 Å². The fraction of sp³-hybridized carbons (Fsp3) is 0.667. The molecule has 6 rings (SSSR count). The number of hydrogen-bond donors (Lipinski definition) is 0. The van der Waals surface area contributed by atoms with Gasteiger partial charge in [-0.25, -0.2) is 0 Å². The van der Waals surface area contributed by atoms with Gasteiger partial charge in [0.05, 0.1) is 0 Å². The number of rotatable bonds is 0. The van der Waals surface area contributed by atoms with Crippen molar-refractivity contribution in [2.24, 2.45) is 59.2 Å². The third-order valence-corrected chi connectivity index (χ3v) is 7.57. The third kappa shape index (κ3) is 0.889. The van der Waals surface area contributed by atoms with Crippen LogP contribution >= 0.6 is 0 Å². The van der Waals surface area contributed by atoms with Gasteiger partial charge in [-0.15, -0.1) is 0 Å². The largest absolute Gasteiger partial charge is 0.299 e. The van der Waals surface area contributed by atoms with Gasteiger partial charge in [0.25, 0.3) is 0 Å². The Labute approximate surface area is 118 Å². The number of fused-ring (bicyclic) bond motifs is 13. The minimum absolute atomic E-state index is 0.0904. The van der Waals surface area contributed by atoms with Crippen molar-refractivity contribution in [1.82, 2.24) is 0 Å². The Kier molecular flexibility index (Phi) is 1.59. The topological polar surface area (TPSA) is 34.1 Å². The van der Waals surface area contributed by atoms with Gasteiger partial charge in [-0.05, 0) is 48.3 Å². The average molecular weight is 266 g/mol. The first-order valence-corrected chi connectivity index (χ1v) is 8.20. The van der Waals surface area contributed by atoms with Crippen molar-refractivity contribution in [3.63, 3.8) is 0 Å². The summed E-state index contributed by atoms with van der Waals surface area (Å²) >= 11 is 0. The molecule has 0 saturated heterocycles. The Morgan fingerprint density at radius 1 is 0.600 bits per heavy atom. The zero-order chi connectivity index (χ0) is 13.2. The SMILES string of the molecule is O=C1[C@@H]2[C@@H](C(=O)[C@H]3[C@@H]2[C@H]2C=C[C@H]3C2)[C@@H]2[C@H]1[C@H]1C=C[C@H]2C1. The van der Waals surface area contributed by atoms with Gasteiger partial charge < -0.3 is 0 Å². The maximum Gasteiger partial charge on any atom is 0.141 e. The molecule has 0 spiro atoms. The molecule has 0 aliphatic heterocycles. The van der Waals surface area contributed by atoms with E-state index in [1.807, 2.05) is 0 Å². The van der Waals surface area contributed by atoms with Crippen molar-refractivity contribution >= 4 is 11.6 Å².